The molecule has 0 saturated carbocycles. The lowest BCUT2D eigenvalue weighted by atomic mass is 10.1. The van der Waals surface area contributed by atoms with E-state index in [1.165, 1.54) is 0 Å². The maximum Gasteiger partial charge on any atom is 0.256 e. The molecule has 1 aliphatic heterocycles. The highest BCUT2D eigenvalue weighted by molar-refractivity contribution is 6.07. The van der Waals surface area contributed by atoms with Crippen LogP contribution >= 0.6 is 0 Å². The molecule has 1 aromatic carbocycles. The predicted molar refractivity (Wildman–Crippen MR) is 83.2 cm³/mol. The summed E-state index contributed by atoms with van der Waals surface area (Å²) in [6.45, 7) is 5.05. The molecule has 112 valence electrons. The van der Waals surface area contributed by atoms with Gasteiger partial charge in [-0.3, -0.25) is 4.79 Å². The van der Waals surface area contributed by atoms with Crippen molar-refractivity contribution in [1.29, 1.82) is 0 Å². The second-order valence-electron chi connectivity index (χ2n) is 5.58. The fraction of sp³-hybridized carbons (Fsp3) is 0.438. The van der Waals surface area contributed by atoms with Crippen molar-refractivity contribution < 1.29 is 9.53 Å². The average molecular weight is 287 g/mol. The number of benzene rings is 1. The Hall–Kier alpha value is -2.01. The Morgan fingerprint density at radius 2 is 2.38 bits per heavy atom. The Balaban J connectivity index is 1.84. The molecule has 1 atom stereocenters. The minimum Gasteiger partial charge on any atom is -0.399 e. The third-order valence-corrected chi connectivity index (χ3v) is 4.11. The summed E-state index contributed by atoms with van der Waals surface area (Å²) >= 11 is 0. The molecule has 5 heteroatoms. The molecule has 0 radical (unpaired) electrons. The van der Waals surface area contributed by atoms with Crippen molar-refractivity contribution in [3.63, 3.8) is 0 Å². The van der Waals surface area contributed by atoms with E-state index in [2.05, 4.69) is 4.98 Å². The van der Waals surface area contributed by atoms with Crippen LogP contribution in [0.1, 0.15) is 23.7 Å². The number of aromatic amines is 1. The van der Waals surface area contributed by atoms with Crippen LogP contribution in [0, 0.1) is 5.92 Å². The van der Waals surface area contributed by atoms with Crippen LogP contribution in [0.25, 0.3) is 10.9 Å². The third-order valence-electron chi connectivity index (χ3n) is 4.11. The van der Waals surface area contributed by atoms with E-state index in [1.54, 1.807) is 6.20 Å². The molecule has 3 rings (SSSR count). The number of anilines is 1. The fourth-order valence-electron chi connectivity index (χ4n) is 2.89. The third kappa shape index (κ3) is 2.74. The van der Waals surface area contributed by atoms with Crippen LogP contribution in [0.2, 0.25) is 0 Å². The molecule has 2 heterocycles. The van der Waals surface area contributed by atoms with Gasteiger partial charge in [-0.25, -0.2) is 0 Å². The first kappa shape index (κ1) is 13.9. The number of H-pyrrole nitrogens is 1. The highest BCUT2D eigenvalue weighted by Gasteiger charge is 2.23. The lowest BCUT2D eigenvalue weighted by Crippen LogP contribution is -2.35. The van der Waals surface area contributed by atoms with Crippen LogP contribution in [0.4, 0.5) is 5.69 Å². The normalized spacial score (nSPS) is 18.2. The summed E-state index contributed by atoms with van der Waals surface area (Å²) in [5.74, 6) is 0.523. The van der Waals surface area contributed by atoms with Crippen molar-refractivity contribution >= 4 is 22.5 Å². The van der Waals surface area contributed by atoms with E-state index in [4.69, 9.17) is 10.5 Å². The van der Waals surface area contributed by atoms with Crippen LogP contribution in [-0.4, -0.2) is 42.1 Å². The van der Waals surface area contributed by atoms with Crippen molar-refractivity contribution in [1.82, 2.24) is 9.88 Å². The first-order valence-corrected chi connectivity index (χ1v) is 7.42. The molecule has 1 fully saturated rings. The lowest BCUT2D eigenvalue weighted by Gasteiger charge is -2.23. The molecule has 1 aliphatic rings. The largest absolute Gasteiger partial charge is 0.399 e. The van der Waals surface area contributed by atoms with Crippen LogP contribution in [0.15, 0.2) is 24.4 Å². The summed E-state index contributed by atoms with van der Waals surface area (Å²) in [5.41, 5.74) is 8.08. The second-order valence-corrected chi connectivity index (χ2v) is 5.58. The summed E-state index contributed by atoms with van der Waals surface area (Å²) in [5, 5.41) is 0.926. The standard InChI is InChI=1S/C16H21N3O2/c1-2-19(9-11-5-6-21-10-11)16(20)14-8-18-15-7-12(17)3-4-13(14)15/h3-4,7-8,11,18H,2,5-6,9-10,17H2,1H3. The molecule has 0 aliphatic carbocycles. The van der Waals surface area contributed by atoms with Gasteiger partial charge in [0, 0.05) is 48.4 Å². The first-order chi connectivity index (χ1) is 10.2. The molecule has 21 heavy (non-hydrogen) atoms. The summed E-state index contributed by atoms with van der Waals surface area (Å²) in [4.78, 5) is 17.8. The summed E-state index contributed by atoms with van der Waals surface area (Å²) in [6, 6.07) is 5.59. The van der Waals surface area contributed by atoms with E-state index in [0.717, 1.165) is 37.1 Å². The van der Waals surface area contributed by atoms with Gasteiger partial charge in [0.15, 0.2) is 0 Å². The highest BCUT2D eigenvalue weighted by atomic mass is 16.5. The second kappa shape index (κ2) is 5.77. The summed E-state index contributed by atoms with van der Waals surface area (Å²) in [7, 11) is 0. The van der Waals surface area contributed by atoms with E-state index in [0.29, 0.717) is 23.7 Å². The number of hydrogen-bond donors (Lipinski definition) is 2. The van der Waals surface area contributed by atoms with Crippen molar-refractivity contribution in [2.75, 3.05) is 32.0 Å². The number of hydrogen-bond acceptors (Lipinski definition) is 3. The van der Waals surface area contributed by atoms with E-state index in [-0.39, 0.29) is 5.91 Å². The van der Waals surface area contributed by atoms with Gasteiger partial charge in [0.05, 0.1) is 12.2 Å². The quantitative estimate of drug-likeness (QED) is 0.847. The summed E-state index contributed by atoms with van der Waals surface area (Å²) in [6.07, 6.45) is 2.81. The molecule has 1 saturated heterocycles. The van der Waals surface area contributed by atoms with Gasteiger partial charge in [0.25, 0.3) is 5.91 Å². The summed E-state index contributed by atoms with van der Waals surface area (Å²) < 4.78 is 5.40. The Morgan fingerprint density at radius 1 is 1.52 bits per heavy atom. The number of aromatic nitrogens is 1. The SMILES string of the molecule is CCN(CC1CCOC1)C(=O)c1c[nH]c2cc(N)ccc12. The minimum atomic E-state index is 0.0698. The number of amides is 1. The van der Waals surface area contributed by atoms with Gasteiger partial charge in [-0.1, -0.05) is 0 Å². The van der Waals surface area contributed by atoms with Crippen molar-refractivity contribution in [3.8, 4) is 0 Å². The molecule has 3 N–H and O–H groups in total. The zero-order valence-electron chi connectivity index (χ0n) is 12.3. The fourth-order valence-corrected chi connectivity index (χ4v) is 2.89. The molecule has 1 amide bonds. The number of carbonyl (C=O) groups excluding carboxylic acids is 1. The number of ether oxygens (including phenoxy) is 1. The van der Waals surface area contributed by atoms with E-state index in [1.807, 2.05) is 30.0 Å². The molecular formula is C16H21N3O2. The van der Waals surface area contributed by atoms with Gasteiger partial charge in [-0.05, 0) is 31.5 Å². The molecule has 0 spiro atoms. The van der Waals surface area contributed by atoms with E-state index >= 15 is 0 Å². The van der Waals surface area contributed by atoms with Gasteiger partial charge in [0.2, 0.25) is 0 Å². The number of nitrogens with zero attached hydrogens (tertiary/aromatic N) is 1. The van der Waals surface area contributed by atoms with Gasteiger partial charge in [-0.15, -0.1) is 0 Å². The van der Waals surface area contributed by atoms with E-state index < -0.39 is 0 Å². The zero-order valence-corrected chi connectivity index (χ0v) is 12.3. The molecular weight excluding hydrogens is 266 g/mol. The van der Waals surface area contributed by atoms with Crippen molar-refractivity contribution in [2.45, 2.75) is 13.3 Å². The maximum absolute atomic E-state index is 12.8. The van der Waals surface area contributed by atoms with Crippen molar-refractivity contribution in [2.24, 2.45) is 5.92 Å². The average Bonchev–Trinajstić information content (AvgIpc) is 3.12. The highest BCUT2D eigenvalue weighted by Crippen LogP contribution is 2.23. The smallest absolute Gasteiger partial charge is 0.256 e. The topological polar surface area (TPSA) is 71.3 Å². The molecule has 2 aromatic rings. The molecule has 0 bridgehead atoms. The van der Waals surface area contributed by atoms with Gasteiger partial charge >= 0.3 is 0 Å². The van der Waals surface area contributed by atoms with Gasteiger partial charge < -0.3 is 20.4 Å². The maximum atomic E-state index is 12.8. The lowest BCUT2D eigenvalue weighted by molar-refractivity contribution is 0.0733. The number of nitrogen functional groups attached to an aromatic ring is 1. The zero-order chi connectivity index (χ0) is 14.8. The van der Waals surface area contributed by atoms with E-state index in [9.17, 15) is 4.79 Å². The van der Waals surface area contributed by atoms with Gasteiger partial charge in [0.1, 0.15) is 0 Å². The number of nitrogens with two attached hydrogens (primary N) is 1. The van der Waals surface area contributed by atoms with Crippen LogP contribution in [-0.2, 0) is 4.74 Å². The molecule has 1 aromatic heterocycles. The number of fused-ring (bicyclic) bond motifs is 1. The number of nitrogens with one attached hydrogen (secondary N) is 1. The Kier molecular flexibility index (Phi) is 3.84. The van der Waals surface area contributed by atoms with Gasteiger partial charge in [-0.2, -0.15) is 0 Å². The van der Waals surface area contributed by atoms with Crippen LogP contribution < -0.4 is 5.73 Å². The predicted octanol–water partition coefficient (Wildman–Crippen LogP) is 2.25. The Bertz CT molecular complexity index is 644. The first-order valence-electron chi connectivity index (χ1n) is 7.42. The minimum absolute atomic E-state index is 0.0698. The molecule has 5 nitrogen and oxygen atoms in total. The Labute approximate surface area is 124 Å². The Morgan fingerprint density at radius 3 is 3.10 bits per heavy atom. The van der Waals surface area contributed by atoms with Crippen LogP contribution in [0.5, 0.6) is 0 Å². The number of carbonyl (C=O) groups is 1. The molecule has 1 unspecified atom stereocenters. The monoisotopic (exact) mass is 287 g/mol. The van der Waals surface area contributed by atoms with Crippen LogP contribution in [0.3, 0.4) is 0 Å². The number of rotatable bonds is 4. The van der Waals surface area contributed by atoms with Crippen molar-refractivity contribution in [3.05, 3.63) is 30.0 Å².